The molecule has 1 heterocycles. The van der Waals surface area contributed by atoms with Gasteiger partial charge in [0.2, 0.25) is 0 Å². The highest BCUT2D eigenvalue weighted by atomic mass is 15.2. The lowest BCUT2D eigenvalue weighted by atomic mass is 10.1. The van der Waals surface area contributed by atoms with Gasteiger partial charge in [-0.05, 0) is 38.4 Å². The van der Waals surface area contributed by atoms with Gasteiger partial charge >= 0.3 is 0 Å². The predicted octanol–water partition coefficient (Wildman–Crippen LogP) is 1.91. The van der Waals surface area contributed by atoms with Crippen LogP contribution in [0.25, 0.3) is 0 Å². The summed E-state index contributed by atoms with van der Waals surface area (Å²) in [5.41, 5.74) is 1.47. The van der Waals surface area contributed by atoms with Gasteiger partial charge in [0.15, 0.2) is 0 Å². The molecule has 0 bridgehead atoms. The molecule has 2 rings (SSSR count). The molecular weight excluding hydrogens is 196 g/mol. The fraction of sp³-hybridized carbons (Fsp3) is 0.571. The zero-order valence-electron chi connectivity index (χ0n) is 10.2. The monoisotopic (exact) mass is 218 g/mol. The molecular formula is C14H22N2. The first-order chi connectivity index (χ1) is 7.86. The Bertz CT molecular complexity index is 293. The van der Waals surface area contributed by atoms with Crippen LogP contribution in [0.5, 0.6) is 0 Å². The van der Waals surface area contributed by atoms with Gasteiger partial charge in [-0.15, -0.1) is 0 Å². The molecule has 0 amide bonds. The minimum absolute atomic E-state index is 0.789. The molecule has 88 valence electrons. The largest absolute Gasteiger partial charge is 0.314 e. The van der Waals surface area contributed by atoms with Crippen molar-refractivity contribution >= 4 is 0 Å². The molecule has 2 heteroatoms. The first-order valence-corrected chi connectivity index (χ1v) is 6.31. The molecule has 1 saturated heterocycles. The van der Waals surface area contributed by atoms with Gasteiger partial charge in [-0.1, -0.05) is 30.3 Å². The topological polar surface area (TPSA) is 15.3 Å². The van der Waals surface area contributed by atoms with E-state index >= 15 is 0 Å². The van der Waals surface area contributed by atoms with Crippen LogP contribution in [0.1, 0.15) is 18.4 Å². The van der Waals surface area contributed by atoms with E-state index in [9.17, 15) is 0 Å². The van der Waals surface area contributed by atoms with E-state index in [1.807, 2.05) is 0 Å². The van der Waals surface area contributed by atoms with Crippen LogP contribution in [0.4, 0.5) is 0 Å². The average Bonchev–Trinajstić information content (AvgIpc) is 2.23. The van der Waals surface area contributed by atoms with Crippen LogP contribution >= 0.6 is 0 Å². The summed E-state index contributed by atoms with van der Waals surface area (Å²) >= 11 is 0. The minimum Gasteiger partial charge on any atom is -0.314 e. The Hall–Kier alpha value is -0.860. The molecule has 2 nitrogen and oxygen atoms in total. The summed E-state index contributed by atoms with van der Waals surface area (Å²) in [5.74, 6) is 0. The summed E-state index contributed by atoms with van der Waals surface area (Å²) in [7, 11) is 2.24. The zero-order chi connectivity index (χ0) is 11.2. The van der Waals surface area contributed by atoms with Crippen molar-refractivity contribution in [1.82, 2.24) is 10.2 Å². The number of nitrogens with zero attached hydrogens (tertiary/aromatic N) is 1. The van der Waals surface area contributed by atoms with Crippen LogP contribution in [-0.2, 0) is 6.42 Å². The number of unbranched alkanes of at least 4 members (excludes halogenated alkanes) is 1. The number of likely N-dealkylation sites (N-methyl/N-ethyl adjacent to an activating group) is 1. The first-order valence-electron chi connectivity index (χ1n) is 6.31. The quantitative estimate of drug-likeness (QED) is 0.734. The lowest BCUT2D eigenvalue weighted by Gasteiger charge is -2.35. The van der Waals surface area contributed by atoms with Crippen LogP contribution in [-0.4, -0.2) is 37.6 Å². The maximum absolute atomic E-state index is 3.32. The lowest BCUT2D eigenvalue weighted by molar-refractivity contribution is 0.177. The van der Waals surface area contributed by atoms with E-state index in [0.717, 1.165) is 6.04 Å². The molecule has 16 heavy (non-hydrogen) atoms. The summed E-state index contributed by atoms with van der Waals surface area (Å²) in [6, 6.07) is 11.6. The second kappa shape index (κ2) is 6.02. The van der Waals surface area contributed by atoms with Crippen LogP contribution in [0.15, 0.2) is 30.3 Å². The van der Waals surface area contributed by atoms with Crippen molar-refractivity contribution in [2.24, 2.45) is 0 Å². The van der Waals surface area contributed by atoms with Crippen molar-refractivity contribution in [2.45, 2.75) is 25.3 Å². The van der Waals surface area contributed by atoms with Crippen molar-refractivity contribution in [2.75, 3.05) is 26.7 Å². The van der Waals surface area contributed by atoms with Crippen molar-refractivity contribution in [3.63, 3.8) is 0 Å². The van der Waals surface area contributed by atoms with Gasteiger partial charge in [-0.3, -0.25) is 0 Å². The Kier molecular flexibility index (Phi) is 4.37. The van der Waals surface area contributed by atoms with Gasteiger partial charge in [0, 0.05) is 19.1 Å². The Labute approximate surface area is 98.7 Å². The van der Waals surface area contributed by atoms with Crippen LogP contribution in [0.3, 0.4) is 0 Å². The SMILES string of the molecule is CN(CCCCc1ccccc1)C1CNC1. The summed E-state index contributed by atoms with van der Waals surface area (Å²) in [4.78, 5) is 2.49. The van der Waals surface area contributed by atoms with Crippen molar-refractivity contribution < 1.29 is 0 Å². The second-order valence-electron chi connectivity index (χ2n) is 4.74. The summed E-state index contributed by atoms with van der Waals surface area (Å²) in [6.07, 6.45) is 3.83. The van der Waals surface area contributed by atoms with E-state index in [1.165, 1.54) is 44.5 Å². The number of benzene rings is 1. The number of hydrogen-bond acceptors (Lipinski definition) is 2. The first kappa shape index (κ1) is 11.6. The average molecular weight is 218 g/mol. The van der Waals surface area contributed by atoms with Crippen LogP contribution < -0.4 is 5.32 Å². The minimum atomic E-state index is 0.789. The van der Waals surface area contributed by atoms with E-state index in [4.69, 9.17) is 0 Å². The van der Waals surface area contributed by atoms with Gasteiger partial charge in [-0.25, -0.2) is 0 Å². The fourth-order valence-electron chi connectivity index (χ4n) is 2.10. The molecule has 0 unspecified atom stereocenters. The molecule has 1 aromatic rings. The standard InChI is InChI=1S/C14H22N2/c1-16(14-11-15-12-14)10-6-5-9-13-7-3-2-4-8-13/h2-4,7-8,14-15H,5-6,9-12H2,1H3. The second-order valence-corrected chi connectivity index (χ2v) is 4.74. The molecule has 0 spiro atoms. The Balaban J connectivity index is 1.58. The number of aryl methyl sites for hydroxylation is 1. The van der Waals surface area contributed by atoms with Gasteiger partial charge in [0.05, 0.1) is 0 Å². The molecule has 0 saturated carbocycles. The highest BCUT2D eigenvalue weighted by molar-refractivity contribution is 5.14. The van der Waals surface area contributed by atoms with E-state index in [0.29, 0.717) is 0 Å². The van der Waals surface area contributed by atoms with Crippen LogP contribution in [0.2, 0.25) is 0 Å². The maximum atomic E-state index is 3.32. The van der Waals surface area contributed by atoms with Gasteiger partial charge in [-0.2, -0.15) is 0 Å². The van der Waals surface area contributed by atoms with E-state index in [1.54, 1.807) is 0 Å². The third kappa shape index (κ3) is 3.32. The van der Waals surface area contributed by atoms with E-state index in [2.05, 4.69) is 47.6 Å². The third-order valence-electron chi connectivity index (χ3n) is 3.45. The summed E-state index contributed by atoms with van der Waals surface area (Å²) in [5, 5.41) is 3.32. The Morgan fingerprint density at radius 3 is 2.56 bits per heavy atom. The van der Waals surface area contributed by atoms with Crippen molar-refractivity contribution in [3.05, 3.63) is 35.9 Å². The molecule has 1 aliphatic rings. The Morgan fingerprint density at radius 1 is 1.19 bits per heavy atom. The molecule has 1 aromatic carbocycles. The molecule has 1 aliphatic heterocycles. The number of rotatable bonds is 6. The predicted molar refractivity (Wildman–Crippen MR) is 68.7 cm³/mol. The summed E-state index contributed by atoms with van der Waals surface area (Å²) < 4.78 is 0. The molecule has 0 aliphatic carbocycles. The normalized spacial score (nSPS) is 16.4. The Morgan fingerprint density at radius 2 is 1.94 bits per heavy atom. The molecule has 0 atom stereocenters. The molecule has 1 fully saturated rings. The maximum Gasteiger partial charge on any atom is 0.0342 e. The number of nitrogens with one attached hydrogen (secondary N) is 1. The molecule has 0 aromatic heterocycles. The highest BCUT2D eigenvalue weighted by Gasteiger charge is 2.20. The van der Waals surface area contributed by atoms with E-state index in [-0.39, 0.29) is 0 Å². The molecule has 1 N–H and O–H groups in total. The van der Waals surface area contributed by atoms with Gasteiger partial charge in [0.1, 0.15) is 0 Å². The summed E-state index contributed by atoms with van der Waals surface area (Å²) in [6.45, 7) is 3.59. The third-order valence-corrected chi connectivity index (χ3v) is 3.45. The number of hydrogen-bond donors (Lipinski definition) is 1. The molecule has 0 radical (unpaired) electrons. The lowest BCUT2D eigenvalue weighted by Crippen LogP contribution is -2.56. The van der Waals surface area contributed by atoms with Crippen molar-refractivity contribution in [3.8, 4) is 0 Å². The zero-order valence-corrected chi connectivity index (χ0v) is 10.2. The van der Waals surface area contributed by atoms with E-state index < -0.39 is 0 Å². The fourth-order valence-corrected chi connectivity index (χ4v) is 2.10. The van der Waals surface area contributed by atoms with Gasteiger partial charge < -0.3 is 10.2 Å². The highest BCUT2D eigenvalue weighted by Crippen LogP contribution is 2.07. The van der Waals surface area contributed by atoms with Gasteiger partial charge in [0.25, 0.3) is 0 Å². The van der Waals surface area contributed by atoms with Crippen molar-refractivity contribution in [1.29, 1.82) is 0 Å². The van der Waals surface area contributed by atoms with Crippen LogP contribution in [0, 0.1) is 0 Å². The smallest absolute Gasteiger partial charge is 0.0342 e.